The molecule has 4 rings (SSSR count). The monoisotopic (exact) mass is 380 g/mol. The van der Waals surface area contributed by atoms with Gasteiger partial charge in [0.05, 0.1) is 10.3 Å². The van der Waals surface area contributed by atoms with Gasteiger partial charge in [-0.25, -0.2) is 9.97 Å². The molecule has 134 valence electrons. The van der Waals surface area contributed by atoms with Crippen molar-refractivity contribution in [2.75, 3.05) is 30.3 Å². The number of nitrogens with zero attached hydrogens (tertiary/aromatic N) is 4. The highest BCUT2D eigenvalue weighted by atomic mass is 35.5. The van der Waals surface area contributed by atoms with Crippen LogP contribution in [-0.4, -0.2) is 57.2 Å². The summed E-state index contributed by atoms with van der Waals surface area (Å²) in [4.78, 5) is 29.2. The number of amides is 1. The summed E-state index contributed by atoms with van der Waals surface area (Å²) in [5.41, 5.74) is 6.82. The van der Waals surface area contributed by atoms with E-state index >= 15 is 0 Å². The minimum Gasteiger partial charge on any atom is -0.346 e. The van der Waals surface area contributed by atoms with Gasteiger partial charge in [-0.3, -0.25) is 4.79 Å². The number of hydrogen-bond acceptors (Lipinski definition) is 6. The average molecular weight is 381 g/mol. The van der Waals surface area contributed by atoms with Crippen molar-refractivity contribution in [1.82, 2.24) is 19.9 Å². The van der Waals surface area contributed by atoms with Gasteiger partial charge in [0.1, 0.15) is 17.8 Å². The predicted octanol–water partition coefficient (Wildman–Crippen LogP) is 1.72. The third-order valence-corrected chi connectivity index (χ3v) is 5.40. The van der Waals surface area contributed by atoms with Gasteiger partial charge in [0.2, 0.25) is 0 Å². The van der Waals surface area contributed by atoms with E-state index in [4.69, 9.17) is 5.73 Å². The Labute approximate surface area is 156 Å². The number of aromatic amines is 1. The molecule has 1 atom stereocenters. The Kier molecular flexibility index (Phi) is 5.51. The first-order chi connectivity index (χ1) is 11.7. The van der Waals surface area contributed by atoms with Gasteiger partial charge < -0.3 is 20.5 Å². The van der Waals surface area contributed by atoms with Crippen LogP contribution < -0.4 is 10.6 Å². The van der Waals surface area contributed by atoms with Crippen molar-refractivity contribution in [2.24, 2.45) is 5.73 Å². The molecule has 4 heterocycles. The maximum absolute atomic E-state index is 12.8. The average Bonchev–Trinajstić information content (AvgIpc) is 3.10. The topological polar surface area (TPSA) is 91.1 Å². The molecule has 0 aromatic carbocycles. The summed E-state index contributed by atoms with van der Waals surface area (Å²) >= 11 is 1.61. The van der Waals surface area contributed by atoms with Crippen molar-refractivity contribution in [3.63, 3.8) is 0 Å². The molecule has 7 nitrogen and oxygen atoms in total. The molecule has 2 aromatic heterocycles. The van der Waals surface area contributed by atoms with E-state index < -0.39 is 0 Å². The minimum absolute atomic E-state index is 0. The van der Waals surface area contributed by atoms with Gasteiger partial charge >= 0.3 is 0 Å². The molecule has 1 saturated heterocycles. The highest BCUT2D eigenvalue weighted by molar-refractivity contribution is 8.04. The maximum Gasteiger partial charge on any atom is 0.261 e. The van der Waals surface area contributed by atoms with E-state index in [2.05, 4.69) is 15.0 Å². The molecule has 3 N–H and O–H groups in total. The van der Waals surface area contributed by atoms with Crippen LogP contribution in [0, 0.1) is 0 Å². The van der Waals surface area contributed by atoms with Crippen LogP contribution in [0.3, 0.4) is 0 Å². The molecular weight excluding hydrogens is 360 g/mol. The Morgan fingerprint density at radius 2 is 2.24 bits per heavy atom. The molecule has 0 spiro atoms. The fourth-order valence-corrected chi connectivity index (χ4v) is 4.18. The summed E-state index contributed by atoms with van der Waals surface area (Å²) in [6, 6.07) is 2.06. The Bertz CT molecular complexity index is 794. The van der Waals surface area contributed by atoms with Crippen LogP contribution in [0.1, 0.15) is 12.8 Å². The van der Waals surface area contributed by atoms with E-state index in [1.165, 1.54) is 0 Å². The van der Waals surface area contributed by atoms with Gasteiger partial charge in [0.25, 0.3) is 5.91 Å². The van der Waals surface area contributed by atoms with Crippen molar-refractivity contribution < 1.29 is 4.79 Å². The Morgan fingerprint density at radius 1 is 1.36 bits per heavy atom. The summed E-state index contributed by atoms with van der Waals surface area (Å²) in [5.74, 6) is 1.77. The molecule has 0 saturated carbocycles. The molecule has 0 radical (unpaired) electrons. The second kappa shape index (κ2) is 7.63. The fraction of sp³-hybridized carbons (Fsp3) is 0.438. The number of nitrogens with two attached hydrogens (primary N) is 1. The van der Waals surface area contributed by atoms with Crippen LogP contribution >= 0.6 is 24.2 Å². The summed E-state index contributed by atoms with van der Waals surface area (Å²) in [5, 5.41) is 0.965. The number of anilines is 1. The molecule has 25 heavy (non-hydrogen) atoms. The number of carbonyl (C=O) groups excluding carboxylic acids is 1. The standard InChI is InChI=1S/C16H20N6OS.ClH/c17-11-2-1-5-22(8-11)16(23)13-9-21(6-7-24-13)15-12-3-4-18-14(12)19-10-20-15;/h3-4,9-11H,1-2,5-8,17H2,(H,18,19,20);1H/t11-;/m1./s1. The molecular formula is C16H21ClN6OS. The van der Waals surface area contributed by atoms with Crippen LogP contribution in [0.25, 0.3) is 11.0 Å². The lowest BCUT2D eigenvalue weighted by Gasteiger charge is -2.33. The number of carbonyl (C=O) groups is 1. The zero-order valence-electron chi connectivity index (χ0n) is 13.7. The van der Waals surface area contributed by atoms with Crippen LogP contribution in [0.5, 0.6) is 0 Å². The smallest absolute Gasteiger partial charge is 0.261 e. The van der Waals surface area contributed by atoms with E-state index in [1.807, 2.05) is 28.3 Å². The summed E-state index contributed by atoms with van der Waals surface area (Å²) < 4.78 is 0. The van der Waals surface area contributed by atoms with Crippen LogP contribution in [-0.2, 0) is 4.79 Å². The first-order valence-electron chi connectivity index (χ1n) is 8.16. The number of nitrogens with one attached hydrogen (secondary N) is 1. The van der Waals surface area contributed by atoms with Crippen LogP contribution in [0.2, 0.25) is 0 Å². The summed E-state index contributed by atoms with van der Waals surface area (Å²) in [7, 11) is 0. The van der Waals surface area contributed by atoms with Crippen molar-refractivity contribution in [2.45, 2.75) is 18.9 Å². The number of likely N-dealkylation sites (tertiary alicyclic amines) is 1. The zero-order chi connectivity index (χ0) is 16.5. The number of fused-ring (bicyclic) bond motifs is 1. The van der Waals surface area contributed by atoms with E-state index in [9.17, 15) is 4.79 Å². The van der Waals surface area contributed by atoms with Crippen LogP contribution in [0.4, 0.5) is 5.82 Å². The van der Waals surface area contributed by atoms with Crippen molar-refractivity contribution >= 4 is 46.9 Å². The van der Waals surface area contributed by atoms with E-state index in [0.29, 0.717) is 6.54 Å². The van der Waals surface area contributed by atoms with Gasteiger partial charge in [-0.2, -0.15) is 0 Å². The lowest BCUT2D eigenvalue weighted by molar-refractivity contribution is -0.127. The molecule has 1 fully saturated rings. The highest BCUT2D eigenvalue weighted by Gasteiger charge is 2.27. The molecule has 0 unspecified atom stereocenters. The molecule has 0 bridgehead atoms. The maximum atomic E-state index is 12.8. The number of aromatic nitrogens is 3. The SMILES string of the molecule is Cl.N[C@@H]1CCCN(C(=O)C2=CN(c3ncnc4[nH]ccc34)CCS2)C1. The van der Waals surface area contributed by atoms with Gasteiger partial charge in [-0.05, 0) is 18.9 Å². The number of hydrogen-bond donors (Lipinski definition) is 2. The molecule has 2 aliphatic heterocycles. The third kappa shape index (κ3) is 3.61. The van der Waals surface area contributed by atoms with Gasteiger partial charge in [0, 0.05) is 43.8 Å². The summed E-state index contributed by atoms with van der Waals surface area (Å²) in [6.07, 6.45) is 7.30. The van der Waals surface area contributed by atoms with Gasteiger partial charge in [-0.15, -0.1) is 24.2 Å². The predicted molar refractivity (Wildman–Crippen MR) is 103 cm³/mol. The largest absolute Gasteiger partial charge is 0.346 e. The summed E-state index contributed by atoms with van der Waals surface area (Å²) in [6.45, 7) is 2.25. The Hall–Kier alpha value is -1.77. The normalized spacial score (nSPS) is 21.0. The van der Waals surface area contributed by atoms with Crippen molar-refractivity contribution in [3.8, 4) is 0 Å². The lowest BCUT2D eigenvalue weighted by atomic mass is 10.1. The van der Waals surface area contributed by atoms with Crippen molar-refractivity contribution in [3.05, 3.63) is 29.7 Å². The number of rotatable bonds is 2. The molecule has 2 aromatic rings. The van der Waals surface area contributed by atoms with E-state index in [-0.39, 0.29) is 24.4 Å². The molecule has 1 amide bonds. The molecule has 9 heteroatoms. The second-order valence-corrected chi connectivity index (χ2v) is 7.26. The Balaban J connectivity index is 0.00000182. The van der Waals surface area contributed by atoms with Gasteiger partial charge in [0.15, 0.2) is 0 Å². The molecule has 2 aliphatic rings. The number of thioether (sulfide) groups is 1. The molecule has 0 aliphatic carbocycles. The zero-order valence-corrected chi connectivity index (χ0v) is 15.4. The fourth-order valence-electron chi connectivity index (χ4n) is 3.22. The highest BCUT2D eigenvalue weighted by Crippen LogP contribution is 2.30. The minimum atomic E-state index is 0. The van der Waals surface area contributed by atoms with E-state index in [0.717, 1.165) is 53.4 Å². The number of piperidine rings is 1. The number of H-pyrrole nitrogens is 1. The van der Waals surface area contributed by atoms with Crippen molar-refractivity contribution in [1.29, 1.82) is 0 Å². The number of halogens is 1. The first-order valence-corrected chi connectivity index (χ1v) is 9.15. The van der Waals surface area contributed by atoms with Gasteiger partial charge in [-0.1, -0.05) is 0 Å². The Morgan fingerprint density at radius 3 is 3.08 bits per heavy atom. The third-order valence-electron chi connectivity index (χ3n) is 4.42. The second-order valence-electron chi connectivity index (χ2n) is 6.13. The first kappa shape index (κ1) is 18.0. The quantitative estimate of drug-likeness (QED) is 0.824. The van der Waals surface area contributed by atoms with E-state index in [1.54, 1.807) is 18.1 Å². The lowest BCUT2D eigenvalue weighted by Crippen LogP contribution is -2.46. The van der Waals surface area contributed by atoms with Crippen LogP contribution in [0.15, 0.2) is 29.7 Å².